The zero-order chi connectivity index (χ0) is 89.6. The number of hydrogen-bond acceptors (Lipinski definition) is 18. The fraction of sp³-hybridized carbons (Fsp3) is 0.474. The quantitative estimate of drug-likeness (QED) is 0.0107. The third-order valence-corrected chi connectivity index (χ3v) is 18.9. The Morgan fingerprint density at radius 2 is 0.795 bits per heavy atom. The molecule has 44 heteroatoms. The van der Waals surface area contributed by atoms with Crippen molar-refractivity contribution in [2.24, 2.45) is 28.7 Å². The third-order valence-electron chi connectivity index (χ3n) is 18.9. The summed E-state index contributed by atoms with van der Waals surface area (Å²) in [4.78, 5) is 189. The molecule has 1 aliphatic rings. The summed E-state index contributed by atoms with van der Waals surface area (Å²) in [6.07, 6.45) is -7.47. The van der Waals surface area contributed by atoms with Crippen molar-refractivity contribution in [3.05, 3.63) is 120 Å². The van der Waals surface area contributed by atoms with Crippen LogP contribution >= 0.6 is 0 Å². The Hall–Kier alpha value is -13.5. The van der Waals surface area contributed by atoms with Gasteiger partial charge in [-0.05, 0) is 124 Å². The topological polar surface area (TPSA) is 684 Å². The van der Waals surface area contributed by atoms with Crippen LogP contribution < -0.4 is 108 Å². The second-order valence-corrected chi connectivity index (χ2v) is 28.7. The number of aliphatic hydroxyl groups is 1. The number of benzene rings is 4. The molecule has 12 amide bonds. The number of rotatable bonds is 29. The molecule has 1 fully saturated rings. The SMILES string of the molecule is C.CCCC[C@H]1NC(=O)[C@H](Cc2ccc(F)cc2)NC(=O)[C@H](CCCNC(=N)N)NC(=O)[C@@H](Cc2ccc3ccccc3c2)NC(=O)[C@H](CCCNC(=N)N)NC(=O)[C@H](CCCNC(=N)N)NC(=O)[C@H](CCCNC(=N)N)NC(=O)[C@@H](C)NC(=O)[C@H]([C@@H](C)O)NC(=O)[C@H](Cc2c[nH]c3ccccc23)NC(=O)[C@H](CCC(N)=O)NC1=O.O=C(O)C(F)(F)F. The normalized spacial score (nSPS) is 21.2. The predicted molar refractivity (Wildman–Crippen MR) is 443 cm³/mol. The summed E-state index contributed by atoms with van der Waals surface area (Å²) < 4.78 is 46.3. The predicted octanol–water partition coefficient (Wildman–Crippen LogP) is -1.99. The van der Waals surface area contributed by atoms with E-state index in [1.165, 1.54) is 19.1 Å². The number of aromatic nitrogens is 1. The van der Waals surface area contributed by atoms with Gasteiger partial charge in [-0.15, -0.1) is 0 Å². The van der Waals surface area contributed by atoms with Crippen LogP contribution in [0.3, 0.4) is 0 Å². The van der Waals surface area contributed by atoms with Crippen molar-refractivity contribution in [3.8, 4) is 0 Å². The van der Waals surface area contributed by atoms with E-state index in [0.29, 0.717) is 34.0 Å². The number of carboxylic acid groups (broad SMARTS) is 1. The molecule has 1 aromatic heterocycles. The molecule has 122 heavy (non-hydrogen) atoms. The number of carbonyl (C=O) groups excluding carboxylic acids is 12. The van der Waals surface area contributed by atoms with Crippen LogP contribution in [0, 0.1) is 27.5 Å². The lowest BCUT2D eigenvalue weighted by molar-refractivity contribution is -0.192. The van der Waals surface area contributed by atoms with Crippen LogP contribution in [-0.4, -0.2) is 221 Å². The molecule has 0 saturated carbocycles. The molecule has 1 saturated heterocycles. The lowest BCUT2D eigenvalue weighted by atomic mass is 9.99. The zero-order valence-electron chi connectivity index (χ0n) is 66.9. The highest BCUT2D eigenvalue weighted by molar-refractivity contribution is 6.01. The molecule has 40 nitrogen and oxygen atoms in total. The minimum absolute atomic E-state index is 0. The average Bonchev–Trinajstić information content (AvgIpc) is 1.63. The number of nitrogens with two attached hydrogens (primary N) is 5. The fourth-order valence-corrected chi connectivity index (χ4v) is 12.5. The van der Waals surface area contributed by atoms with E-state index >= 15 is 24.0 Å². The number of para-hydroxylation sites is 1. The number of fused-ring (bicyclic) bond motifs is 2. The van der Waals surface area contributed by atoms with Crippen molar-refractivity contribution in [2.45, 2.75) is 210 Å². The minimum Gasteiger partial charge on any atom is -0.475 e. The summed E-state index contributed by atoms with van der Waals surface area (Å²) in [5.41, 5.74) is 29.9. The van der Waals surface area contributed by atoms with Crippen molar-refractivity contribution in [3.63, 3.8) is 0 Å². The maximum Gasteiger partial charge on any atom is 0.490 e. The van der Waals surface area contributed by atoms with E-state index in [9.17, 15) is 56.2 Å². The van der Waals surface area contributed by atoms with E-state index in [4.69, 9.17) is 60.2 Å². The maximum absolute atomic E-state index is 15.4. The number of aromatic amines is 1. The molecule has 12 atom stereocenters. The van der Waals surface area contributed by atoms with Gasteiger partial charge < -0.3 is 124 Å². The lowest BCUT2D eigenvalue weighted by Gasteiger charge is -2.29. The number of nitrogens with one attached hydrogen (secondary N) is 20. The summed E-state index contributed by atoms with van der Waals surface area (Å²) >= 11 is 0. The minimum atomic E-state index is -5.08. The van der Waals surface area contributed by atoms with Crippen LogP contribution in [0.25, 0.3) is 21.7 Å². The van der Waals surface area contributed by atoms with Gasteiger partial charge in [0.25, 0.3) is 0 Å². The molecule has 0 aliphatic carbocycles. The number of carbonyl (C=O) groups is 13. The Morgan fingerprint density at radius 3 is 1.20 bits per heavy atom. The van der Waals surface area contributed by atoms with Crippen LogP contribution in [0.2, 0.25) is 0 Å². The lowest BCUT2D eigenvalue weighted by Crippen LogP contribution is -2.62. The van der Waals surface area contributed by atoms with E-state index in [0.717, 1.165) is 29.8 Å². The number of hydrogen-bond donors (Lipinski definition) is 27. The molecule has 2 heterocycles. The maximum atomic E-state index is 15.4. The number of amides is 12. The van der Waals surface area contributed by atoms with Crippen molar-refractivity contribution in [1.82, 2.24) is 84.7 Å². The Kier molecular flexibility index (Phi) is 41.7. The number of alkyl halides is 3. The number of halogens is 4. The van der Waals surface area contributed by atoms with Gasteiger partial charge in [-0.1, -0.05) is 100.0 Å². The van der Waals surface area contributed by atoms with Gasteiger partial charge in [0.15, 0.2) is 23.8 Å². The molecule has 668 valence electrons. The van der Waals surface area contributed by atoms with E-state index in [-0.39, 0.29) is 117 Å². The standard InChI is InChI=1S/C75H108FN25O13.C2HF3O2.CH4/c1-4-5-17-50-62(105)97-55(29-30-59(77)103)67(110)100-58(38-46-39-90-49-18-9-8-16-48(46)49)70(113)101-60(41(3)102)71(114)91-40(2)61(104)92-51(19-10-31-86-72(78)79)63(106)93-52(20-11-32-87-73(80)81)64(107)94-53(21-12-33-88-74(82)83)65(108)99-57(37-43-23-26-44-14-6-7-15-45(44)35-43)69(112)96-54(22-13-34-89-75(84)85)66(109)98-56(68(111)95-50)36-42-24-27-47(76)28-25-42;3-2(4,5)1(6)7;/h6-9,14-16,18,23-28,35,39-41,50-58,60,90,102H,4-5,10-13,17,19-22,29-34,36-38H2,1-3H3,(H2,77,103)(H,91,114)(H,92,104)(H,93,106)(H,94,107)(H,95,111)(H,96,112)(H,97,105)(H,98,109)(H,99,108)(H,100,110)(H,101,113)(H4,78,79,86)(H4,80,81,87)(H4,82,83,88)(H4,84,85,89);(H,6,7);1H4/t40-,41-,50-,51+,52+,53+,54+,55+,56+,57-,58+,60+;;/m1../s1. The summed E-state index contributed by atoms with van der Waals surface area (Å²) in [5.74, 6) is -17.3. The number of primary amides is 1. The number of carboxylic acids is 1. The number of aliphatic carboxylic acids is 1. The molecule has 0 unspecified atom stereocenters. The second kappa shape index (κ2) is 50.5. The molecule has 0 spiro atoms. The summed E-state index contributed by atoms with van der Waals surface area (Å²) in [7, 11) is 0. The van der Waals surface area contributed by atoms with Gasteiger partial charge in [0.1, 0.15) is 72.3 Å². The fourth-order valence-electron chi connectivity index (χ4n) is 12.5. The summed E-state index contributed by atoms with van der Waals surface area (Å²) in [6, 6.07) is 6.35. The van der Waals surface area contributed by atoms with Crippen LogP contribution in [0.5, 0.6) is 0 Å². The number of unbranched alkanes of at least 4 members (excludes halogenated alkanes) is 1. The van der Waals surface area contributed by atoms with Gasteiger partial charge in [-0.25, -0.2) is 9.18 Å². The van der Waals surface area contributed by atoms with E-state index in [2.05, 4.69) is 84.7 Å². The number of aliphatic hydroxyl groups excluding tert-OH is 1. The van der Waals surface area contributed by atoms with Gasteiger partial charge in [-0.2, -0.15) is 13.2 Å². The summed E-state index contributed by atoms with van der Waals surface area (Å²) in [5, 5.41) is 91.1. The molecule has 0 radical (unpaired) electrons. The Labute approximate surface area is 700 Å². The first-order chi connectivity index (χ1) is 57.2. The largest absolute Gasteiger partial charge is 0.490 e. The van der Waals surface area contributed by atoms with Gasteiger partial charge in [0.05, 0.1) is 6.10 Å². The van der Waals surface area contributed by atoms with Gasteiger partial charge in [-0.3, -0.25) is 79.2 Å². The molecular formula is C78H113F4N25O15. The molecule has 1 aliphatic heterocycles. The van der Waals surface area contributed by atoms with Crippen LogP contribution in [0.1, 0.15) is 128 Å². The first-order valence-electron chi connectivity index (χ1n) is 38.9. The number of H-pyrrole nitrogens is 1. The van der Waals surface area contributed by atoms with Crippen molar-refractivity contribution in [1.29, 1.82) is 21.6 Å². The third kappa shape index (κ3) is 35.2. The van der Waals surface area contributed by atoms with Gasteiger partial charge >= 0.3 is 12.1 Å². The number of guanidine groups is 4. The van der Waals surface area contributed by atoms with E-state index < -0.39 is 198 Å². The molecular weight excluding hydrogens is 1600 g/mol. The second-order valence-electron chi connectivity index (χ2n) is 28.7. The Bertz CT molecular complexity index is 4460. The smallest absolute Gasteiger partial charge is 0.475 e. The van der Waals surface area contributed by atoms with Crippen LogP contribution in [0.15, 0.2) is 97.2 Å². The highest BCUT2D eigenvalue weighted by Gasteiger charge is 2.40. The molecule has 0 bridgehead atoms. The van der Waals surface area contributed by atoms with Crippen LogP contribution in [-0.2, 0) is 81.6 Å². The Morgan fingerprint density at radius 1 is 0.451 bits per heavy atom. The monoisotopic (exact) mass is 1720 g/mol. The molecule has 4 aromatic carbocycles. The molecule has 32 N–H and O–H groups in total. The van der Waals surface area contributed by atoms with E-state index in [1.54, 1.807) is 61.7 Å². The van der Waals surface area contributed by atoms with Crippen LogP contribution in [0.4, 0.5) is 17.6 Å². The van der Waals surface area contributed by atoms with Crippen molar-refractivity contribution >= 4 is 122 Å². The Balaban J connectivity index is 0.00000373. The van der Waals surface area contributed by atoms with E-state index in [1.807, 2.05) is 18.2 Å². The highest BCUT2D eigenvalue weighted by atomic mass is 19.4. The first-order valence-corrected chi connectivity index (χ1v) is 38.9. The van der Waals surface area contributed by atoms with Gasteiger partial charge in [0.2, 0.25) is 70.9 Å². The van der Waals surface area contributed by atoms with Gasteiger partial charge in [0, 0.05) is 69.0 Å². The zero-order valence-corrected chi connectivity index (χ0v) is 66.9. The first kappa shape index (κ1) is 101. The summed E-state index contributed by atoms with van der Waals surface area (Å²) in [6.45, 7) is 4.08. The van der Waals surface area contributed by atoms with Crippen molar-refractivity contribution in [2.75, 3.05) is 26.2 Å². The average molecular weight is 1720 g/mol. The molecule has 6 rings (SSSR count). The molecule has 5 aromatic rings. The van der Waals surface area contributed by atoms with Crippen molar-refractivity contribution < 1.29 is 90.1 Å². The highest BCUT2D eigenvalue weighted by Crippen LogP contribution is 2.22.